The first-order chi connectivity index (χ1) is 14.1. The summed E-state index contributed by atoms with van der Waals surface area (Å²) in [5.41, 5.74) is 4.32. The number of rotatable bonds is 6. The average molecular weight is 409 g/mol. The Bertz CT molecular complexity index is 906. The quantitative estimate of drug-likeness (QED) is 0.779. The number of thiophene rings is 1. The second-order valence-electron chi connectivity index (χ2n) is 8.11. The van der Waals surface area contributed by atoms with Crippen molar-refractivity contribution in [2.75, 3.05) is 36.9 Å². The van der Waals surface area contributed by atoms with E-state index in [0.717, 1.165) is 49.5 Å². The summed E-state index contributed by atoms with van der Waals surface area (Å²) in [6.45, 7) is 3.33. The van der Waals surface area contributed by atoms with E-state index in [0.29, 0.717) is 12.1 Å². The van der Waals surface area contributed by atoms with E-state index in [9.17, 15) is 10.1 Å². The number of amides is 1. The van der Waals surface area contributed by atoms with Crippen LogP contribution in [0.2, 0.25) is 0 Å². The largest absolute Gasteiger partial charge is 0.372 e. The molecule has 0 radical (unpaired) electrons. The molecule has 0 bridgehead atoms. The van der Waals surface area contributed by atoms with Crippen molar-refractivity contribution in [3.8, 4) is 6.07 Å². The predicted molar refractivity (Wildman–Crippen MR) is 119 cm³/mol. The number of nitriles is 1. The van der Waals surface area contributed by atoms with E-state index in [2.05, 4.69) is 40.6 Å². The fourth-order valence-corrected chi connectivity index (χ4v) is 5.61. The van der Waals surface area contributed by atoms with Gasteiger partial charge in [-0.2, -0.15) is 5.26 Å². The van der Waals surface area contributed by atoms with Gasteiger partial charge in [0.1, 0.15) is 11.1 Å². The number of aryl methyl sites for hydroxylation is 1. The van der Waals surface area contributed by atoms with E-state index in [-0.39, 0.29) is 5.91 Å². The molecule has 1 aromatic carbocycles. The van der Waals surface area contributed by atoms with E-state index >= 15 is 0 Å². The smallest absolute Gasteiger partial charge is 0.239 e. The minimum absolute atomic E-state index is 0.0612. The molecule has 1 fully saturated rings. The molecule has 0 unspecified atom stereocenters. The molecule has 1 aliphatic carbocycles. The fraction of sp³-hybridized carbons (Fsp3) is 0.478. The molecule has 1 saturated heterocycles. The SMILES string of the molecule is CN(CC(=O)Nc1sc2c(c1C#N)CCC2)Cc1ccc(N2CCCCC2)cc1. The van der Waals surface area contributed by atoms with Crippen LogP contribution in [0, 0.1) is 11.3 Å². The highest BCUT2D eigenvalue weighted by molar-refractivity contribution is 7.16. The summed E-state index contributed by atoms with van der Waals surface area (Å²) in [6.07, 6.45) is 6.99. The van der Waals surface area contributed by atoms with Crippen LogP contribution in [0.25, 0.3) is 0 Å². The lowest BCUT2D eigenvalue weighted by molar-refractivity contribution is -0.117. The highest BCUT2D eigenvalue weighted by Gasteiger charge is 2.23. The zero-order chi connectivity index (χ0) is 20.2. The van der Waals surface area contributed by atoms with Crippen molar-refractivity contribution in [1.29, 1.82) is 5.26 Å². The second kappa shape index (κ2) is 8.98. The number of nitrogens with zero attached hydrogens (tertiary/aromatic N) is 3. The van der Waals surface area contributed by atoms with Crippen LogP contribution in [0.3, 0.4) is 0 Å². The van der Waals surface area contributed by atoms with Crippen LogP contribution in [0.15, 0.2) is 24.3 Å². The molecule has 5 nitrogen and oxygen atoms in total. The number of fused-ring (bicyclic) bond motifs is 1. The predicted octanol–water partition coefficient (Wildman–Crippen LogP) is 4.17. The number of nitrogens with one attached hydrogen (secondary N) is 1. The molecule has 1 aliphatic heterocycles. The molecule has 1 aromatic heterocycles. The van der Waals surface area contributed by atoms with Gasteiger partial charge < -0.3 is 10.2 Å². The van der Waals surface area contributed by atoms with E-state index < -0.39 is 0 Å². The van der Waals surface area contributed by atoms with Crippen LogP contribution in [0.4, 0.5) is 10.7 Å². The lowest BCUT2D eigenvalue weighted by atomic mass is 10.1. The van der Waals surface area contributed by atoms with Crippen molar-refractivity contribution in [3.05, 3.63) is 45.8 Å². The molecule has 4 rings (SSSR count). The number of hydrogen-bond acceptors (Lipinski definition) is 5. The number of anilines is 2. The van der Waals surface area contributed by atoms with Gasteiger partial charge in [-0.15, -0.1) is 11.3 Å². The Kier molecular flexibility index (Phi) is 6.17. The number of carbonyl (C=O) groups excluding carboxylic acids is 1. The zero-order valence-corrected chi connectivity index (χ0v) is 17.9. The number of piperidine rings is 1. The second-order valence-corrected chi connectivity index (χ2v) is 9.21. The van der Waals surface area contributed by atoms with Crippen molar-refractivity contribution in [1.82, 2.24) is 4.90 Å². The van der Waals surface area contributed by atoms with E-state index in [1.165, 1.54) is 35.4 Å². The van der Waals surface area contributed by atoms with Gasteiger partial charge >= 0.3 is 0 Å². The Balaban J connectivity index is 1.31. The summed E-state index contributed by atoms with van der Waals surface area (Å²) < 4.78 is 0. The monoisotopic (exact) mass is 408 g/mol. The first kappa shape index (κ1) is 19.9. The molecule has 2 heterocycles. The van der Waals surface area contributed by atoms with Gasteiger partial charge in [-0.05, 0) is 68.8 Å². The van der Waals surface area contributed by atoms with Gasteiger partial charge in [0.2, 0.25) is 5.91 Å². The van der Waals surface area contributed by atoms with Crippen LogP contribution in [-0.2, 0) is 24.2 Å². The van der Waals surface area contributed by atoms with Crippen LogP contribution in [0.1, 0.15) is 47.3 Å². The molecule has 0 atom stereocenters. The first-order valence-electron chi connectivity index (χ1n) is 10.5. The third kappa shape index (κ3) is 4.63. The molecular weight excluding hydrogens is 380 g/mol. The van der Waals surface area contributed by atoms with Gasteiger partial charge in [-0.3, -0.25) is 9.69 Å². The van der Waals surface area contributed by atoms with Crippen molar-refractivity contribution in [3.63, 3.8) is 0 Å². The van der Waals surface area contributed by atoms with Crippen LogP contribution < -0.4 is 10.2 Å². The maximum atomic E-state index is 12.5. The summed E-state index contributed by atoms with van der Waals surface area (Å²) in [7, 11) is 1.96. The van der Waals surface area contributed by atoms with Gasteiger partial charge in [0.25, 0.3) is 0 Å². The number of benzene rings is 1. The number of likely N-dealkylation sites (N-methyl/N-ethyl adjacent to an activating group) is 1. The third-order valence-corrected chi connectivity index (χ3v) is 7.02. The lowest BCUT2D eigenvalue weighted by Gasteiger charge is -2.29. The highest BCUT2D eigenvalue weighted by Crippen LogP contribution is 2.38. The molecule has 2 aromatic rings. The molecule has 2 aliphatic rings. The standard InChI is InChI=1S/C23H28N4OS/c1-26(15-17-8-10-18(11-9-17)27-12-3-2-4-13-27)16-22(28)25-23-20(14-24)19-6-5-7-21(19)29-23/h8-11H,2-7,12-13,15-16H2,1H3,(H,25,28). The Morgan fingerprint density at radius 1 is 1.17 bits per heavy atom. The maximum absolute atomic E-state index is 12.5. The Hall–Kier alpha value is -2.36. The molecule has 1 amide bonds. The highest BCUT2D eigenvalue weighted by atomic mass is 32.1. The van der Waals surface area contributed by atoms with Gasteiger partial charge in [-0.25, -0.2) is 0 Å². The van der Waals surface area contributed by atoms with Crippen molar-refractivity contribution in [2.45, 2.75) is 45.1 Å². The zero-order valence-electron chi connectivity index (χ0n) is 17.0. The van der Waals surface area contributed by atoms with Gasteiger partial charge in [-0.1, -0.05) is 12.1 Å². The molecule has 1 N–H and O–H groups in total. The minimum Gasteiger partial charge on any atom is -0.372 e. The van der Waals surface area contributed by atoms with E-state index in [1.54, 1.807) is 11.3 Å². The first-order valence-corrected chi connectivity index (χ1v) is 11.3. The maximum Gasteiger partial charge on any atom is 0.239 e. The summed E-state index contributed by atoms with van der Waals surface area (Å²) >= 11 is 1.57. The topological polar surface area (TPSA) is 59.4 Å². The number of hydrogen-bond donors (Lipinski definition) is 1. The van der Waals surface area contributed by atoms with Crippen molar-refractivity contribution >= 4 is 27.9 Å². The van der Waals surface area contributed by atoms with E-state index in [4.69, 9.17) is 0 Å². The summed E-state index contributed by atoms with van der Waals surface area (Å²) in [5.74, 6) is -0.0612. The van der Waals surface area contributed by atoms with Gasteiger partial charge in [0.05, 0.1) is 12.1 Å². The van der Waals surface area contributed by atoms with Crippen LogP contribution in [0.5, 0.6) is 0 Å². The fourth-order valence-electron chi connectivity index (χ4n) is 4.35. The van der Waals surface area contributed by atoms with E-state index in [1.807, 2.05) is 11.9 Å². The van der Waals surface area contributed by atoms with Crippen LogP contribution in [-0.4, -0.2) is 37.5 Å². The summed E-state index contributed by atoms with van der Waals surface area (Å²) in [6, 6.07) is 11.0. The van der Waals surface area contributed by atoms with Crippen molar-refractivity contribution in [2.24, 2.45) is 0 Å². The van der Waals surface area contributed by atoms with Crippen LogP contribution >= 0.6 is 11.3 Å². The Morgan fingerprint density at radius 3 is 2.66 bits per heavy atom. The third-order valence-electron chi connectivity index (χ3n) is 5.81. The lowest BCUT2D eigenvalue weighted by Crippen LogP contribution is -2.30. The molecule has 152 valence electrons. The molecule has 0 saturated carbocycles. The molecule has 6 heteroatoms. The summed E-state index contributed by atoms with van der Waals surface area (Å²) in [4.78, 5) is 18.2. The molecule has 0 spiro atoms. The van der Waals surface area contributed by atoms with Gasteiger partial charge in [0.15, 0.2) is 0 Å². The Morgan fingerprint density at radius 2 is 1.93 bits per heavy atom. The molecular formula is C23H28N4OS. The number of carbonyl (C=O) groups is 1. The Labute approximate surface area is 176 Å². The average Bonchev–Trinajstić information content (AvgIpc) is 3.29. The molecule has 29 heavy (non-hydrogen) atoms. The van der Waals surface area contributed by atoms with Crippen molar-refractivity contribution < 1.29 is 4.79 Å². The van der Waals surface area contributed by atoms with Gasteiger partial charge in [0, 0.05) is 30.2 Å². The summed E-state index contributed by atoms with van der Waals surface area (Å²) in [5, 5.41) is 13.2. The minimum atomic E-state index is -0.0612. The normalized spacial score (nSPS) is 16.0.